The number of likely N-dealkylation sites (N-methyl/N-ethyl adjacent to an activating group) is 1. The van der Waals surface area contributed by atoms with Gasteiger partial charge in [-0.05, 0) is 35.3 Å². The van der Waals surface area contributed by atoms with Gasteiger partial charge in [0.25, 0.3) is 5.91 Å². The van der Waals surface area contributed by atoms with E-state index in [0.29, 0.717) is 17.1 Å². The number of hydrogen-bond donors (Lipinski definition) is 2. The first kappa shape index (κ1) is 16.5. The first-order valence-corrected chi connectivity index (χ1v) is 6.92. The molecule has 0 saturated carbocycles. The number of carbonyl (C=O) groups excluding carboxylic acids is 1. The van der Waals surface area contributed by atoms with Crippen LogP contribution in [0.1, 0.15) is 23.5 Å². The van der Waals surface area contributed by atoms with Crippen LogP contribution in [-0.2, 0) is 0 Å². The summed E-state index contributed by atoms with van der Waals surface area (Å²) < 4.78 is 1.49. The van der Waals surface area contributed by atoms with Crippen LogP contribution in [0.3, 0.4) is 0 Å². The zero-order valence-electron chi connectivity index (χ0n) is 11.2. The van der Waals surface area contributed by atoms with E-state index in [9.17, 15) is 4.79 Å². The number of nitrogens with one attached hydrogen (secondary N) is 2. The molecule has 0 saturated heterocycles. The van der Waals surface area contributed by atoms with E-state index in [1.165, 1.54) is 22.3 Å². The van der Waals surface area contributed by atoms with Crippen molar-refractivity contribution in [2.75, 3.05) is 13.1 Å². The van der Waals surface area contributed by atoms with Gasteiger partial charge in [0.1, 0.15) is 11.2 Å². The summed E-state index contributed by atoms with van der Waals surface area (Å²) in [5.41, 5.74) is 0.698. The monoisotopic (exact) mass is 316 g/mol. The van der Waals surface area contributed by atoms with Crippen molar-refractivity contribution in [1.29, 1.82) is 0 Å². The molecular weight excluding hydrogens is 300 g/mol. The number of nitrogens with zero attached hydrogens (tertiary/aromatic N) is 4. The van der Waals surface area contributed by atoms with Crippen molar-refractivity contribution in [3.8, 4) is 5.69 Å². The van der Waals surface area contributed by atoms with Crippen LogP contribution in [0, 0.1) is 0 Å². The molecule has 0 aliphatic carbocycles. The first-order chi connectivity index (χ1) is 9.22. The molecule has 0 unspecified atom stereocenters. The van der Waals surface area contributed by atoms with Gasteiger partial charge in [0.2, 0.25) is 0 Å². The Hall–Kier alpha value is -1.51. The van der Waals surface area contributed by atoms with Crippen molar-refractivity contribution in [3.63, 3.8) is 0 Å². The Labute approximate surface area is 127 Å². The van der Waals surface area contributed by atoms with E-state index < -0.39 is 0 Å². The van der Waals surface area contributed by atoms with Crippen molar-refractivity contribution in [3.05, 3.63) is 22.7 Å². The predicted octanol–water partition coefficient (Wildman–Crippen LogP) is 0.873. The fraction of sp³-hybridized carbons (Fsp3) is 0.455. The highest BCUT2D eigenvalue weighted by atomic mass is 35.5. The maximum absolute atomic E-state index is 12.1. The largest absolute Gasteiger partial charge is 0.350 e. The molecule has 0 spiro atoms. The molecule has 110 valence electrons. The first-order valence-electron chi connectivity index (χ1n) is 6.04. The van der Waals surface area contributed by atoms with Gasteiger partial charge in [-0.15, -0.1) is 28.8 Å². The van der Waals surface area contributed by atoms with Crippen LogP contribution in [0.25, 0.3) is 5.69 Å². The Kier molecular flexibility index (Phi) is 6.56. The third-order valence-corrected chi connectivity index (χ3v) is 3.47. The summed E-state index contributed by atoms with van der Waals surface area (Å²) >= 11 is 1.37. The third kappa shape index (κ3) is 3.99. The smallest absolute Gasteiger partial charge is 0.263 e. The Bertz CT molecular complexity index is 529. The zero-order chi connectivity index (χ0) is 13.7. The minimum Gasteiger partial charge on any atom is -0.350 e. The van der Waals surface area contributed by atoms with Gasteiger partial charge < -0.3 is 10.6 Å². The maximum Gasteiger partial charge on any atom is 0.263 e. The minimum absolute atomic E-state index is 0. The maximum atomic E-state index is 12.1. The average Bonchev–Trinajstić information content (AvgIpc) is 3.05. The second-order valence-electron chi connectivity index (χ2n) is 4.06. The Morgan fingerprint density at radius 2 is 2.35 bits per heavy atom. The molecule has 2 aromatic rings. The molecule has 2 heterocycles. The number of amides is 1. The number of rotatable bonds is 6. The van der Waals surface area contributed by atoms with Crippen LogP contribution < -0.4 is 10.6 Å². The second-order valence-corrected chi connectivity index (χ2v) is 4.97. The lowest BCUT2D eigenvalue weighted by Crippen LogP contribution is -2.38. The van der Waals surface area contributed by atoms with E-state index in [2.05, 4.69) is 26.2 Å². The van der Waals surface area contributed by atoms with Gasteiger partial charge in [-0.3, -0.25) is 4.79 Å². The van der Waals surface area contributed by atoms with Crippen molar-refractivity contribution < 1.29 is 4.79 Å². The van der Waals surface area contributed by atoms with Crippen molar-refractivity contribution in [2.24, 2.45) is 0 Å². The molecule has 0 aromatic carbocycles. The zero-order valence-corrected chi connectivity index (χ0v) is 12.9. The molecule has 2 N–H and O–H groups in total. The fourth-order valence-corrected chi connectivity index (χ4v) is 2.47. The lowest BCUT2D eigenvalue weighted by molar-refractivity contribution is 0.0954. The molecule has 20 heavy (non-hydrogen) atoms. The summed E-state index contributed by atoms with van der Waals surface area (Å²) in [5, 5.41) is 18.9. The lowest BCUT2D eigenvalue weighted by atomic mass is 10.3. The van der Waals surface area contributed by atoms with Crippen molar-refractivity contribution in [1.82, 2.24) is 30.8 Å². The standard InChI is InChI=1S/C11H16N6OS.ClH/c1-3-12-8(2)6-13-11(18)10-9(4-5-19-10)17-7-14-15-16-17;/h4-5,7-8,12H,3,6H2,1-2H3,(H,13,18);1H/t8-;/m1./s1. The summed E-state index contributed by atoms with van der Waals surface area (Å²) in [5.74, 6) is -0.106. The molecule has 1 atom stereocenters. The number of hydrogen-bond acceptors (Lipinski definition) is 6. The molecule has 7 nitrogen and oxygen atoms in total. The summed E-state index contributed by atoms with van der Waals surface area (Å²) in [6.07, 6.45) is 1.47. The Morgan fingerprint density at radius 1 is 1.55 bits per heavy atom. The number of carbonyl (C=O) groups is 1. The topological polar surface area (TPSA) is 84.7 Å². The summed E-state index contributed by atoms with van der Waals surface area (Å²) in [6.45, 7) is 5.53. The highest BCUT2D eigenvalue weighted by Gasteiger charge is 2.15. The van der Waals surface area contributed by atoms with Gasteiger partial charge >= 0.3 is 0 Å². The molecule has 2 aromatic heterocycles. The van der Waals surface area contributed by atoms with Crippen molar-refractivity contribution in [2.45, 2.75) is 19.9 Å². The van der Waals surface area contributed by atoms with Gasteiger partial charge in [0.15, 0.2) is 0 Å². The van der Waals surface area contributed by atoms with Crippen LogP contribution in [0.4, 0.5) is 0 Å². The molecule has 1 amide bonds. The minimum atomic E-state index is -0.106. The second kappa shape index (κ2) is 7.93. The summed E-state index contributed by atoms with van der Waals surface area (Å²) in [6, 6.07) is 2.06. The van der Waals surface area contributed by atoms with E-state index in [-0.39, 0.29) is 24.4 Å². The van der Waals surface area contributed by atoms with E-state index in [0.717, 1.165) is 6.54 Å². The quantitative estimate of drug-likeness (QED) is 0.826. The highest BCUT2D eigenvalue weighted by Crippen LogP contribution is 2.19. The average molecular weight is 317 g/mol. The highest BCUT2D eigenvalue weighted by molar-refractivity contribution is 7.12. The van der Waals surface area contributed by atoms with E-state index in [4.69, 9.17) is 0 Å². The summed E-state index contributed by atoms with van der Waals surface area (Å²) in [7, 11) is 0. The lowest BCUT2D eigenvalue weighted by Gasteiger charge is -2.13. The van der Waals surface area contributed by atoms with Crippen LogP contribution in [-0.4, -0.2) is 45.2 Å². The Morgan fingerprint density at radius 3 is 3.00 bits per heavy atom. The predicted molar refractivity (Wildman–Crippen MR) is 79.8 cm³/mol. The normalized spacial score (nSPS) is 11.7. The van der Waals surface area contributed by atoms with E-state index in [1.54, 1.807) is 0 Å². The Balaban J connectivity index is 0.00000200. The van der Waals surface area contributed by atoms with Gasteiger partial charge in [0.05, 0.1) is 5.69 Å². The number of tetrazole rings is 1. The molecular formula is C11H17ClN6OS. The molecule has 9 heteroatoms. The molecule has 2 rings (SSSR count). The third-order valence-electron chi connectivity index (χ3n) is 2.57. The van der Waals surface area contributed by atoms with E-state index >= 15 is 0 Å². The van der Waals surface area contributed by atoms with Crippen molar-refractivity contribution >= 4 is 29.7 Å². The molecule has 0 bridgehead atoms. The van der Waals surface area contributed by atoms with Crippen LogP contribution in [0.15, 0.2) is 17.8 Å². The van der Waals surface area contributed by atoms with Crippen LogP contribution in [0.5, 0.6) is 0 Å². The van der Waals surface area contributed by atoms with Gasteiger partial charge in [-0.2, -0.15) is 4.68 Å². The number of thiophene rings is 1. The molecule has 0 aliphatic rings. The van der Waals surface area contributed by atoms with E-state index in [1.807, 2.05) is 25.3 Å². The summed E-state index contributed by atoms with van der Waals surface area (Å²) in [4.78, 5) is 12.7. The van der Waals surface area contributed by atoms with Gasteiger partial charge in [-0.25, -0.2) is 0 Å². The fourth-order valence-electron chi connectivity index (χ4n) is 1.67. The van der Waals surface area contributed by atoms with Crippen LogP contribution in [0.2, 0.25) is 0 Å². The van der Waals surface area contributed by atoms with Gasteiger partial charge in [0, 0.05) is 12.6 Å². The molecule has 0 aliphatic heterocycles. The molecule has 0 radical (unpaired) electrons. The SMILES string of the molecule is CCN[C@H](C)CNC(=O)c1sccc1-n1cnnn1.Cl. The van der Waals surface area contributed by atoms with Crippen LogP contribution >= 0.6 is 23.7 Å². The van der Waals surface area contributed by atoms with Gasteiger partial charge in [-0.1, -0.05) is 6.92 Å². The molecule has 0 fully saturated rings. The number of halogens is 1. The number of aromatic nitrogens is 4.